The summed E-state index contributed by atoms with van der Waals surface area (Å²) in [4.78, 5) is 38.2. The van der Waals surface area contributed by atoms with Gasteiger partial charge in [-0.15, -0.1) is 11.8 Å². The molecular formula is C20H20N2O4S. The van der Waals surface area contributed by atoms with Crippen molar-refractivity contribution in [3.05, 3.63) is 59.7 Å². The van der Waals surface area contributed by atoms with Gasteiger partial charge in [-0.1, -0.05) is 30.3 Å². The summed E-state index contributed by atoms with van der Waals surface area (Å²) >= 11 is 1.44. The van der Waals surface area contributed by atoms with Crippen molar-refractivity contribution in [3.63, 3.8) is 0 Å². The first kappa shape index (κ1) is 19.0. The van der Waals surface area contributed by atoms with E-state index in [-0.39, 0.29) is 23.6 Å². The molecule has 27 heavy (non-hydrogen) atoms. The van der Waals surface area contributed by atoms with E-state index in [1.165, 1.54) is 16.7 Å². The first-order chi connectivity index (χ1) is 12.9. The molecular weight excluding hydrogens is 364 g/mol. The number of aliphatic carboxylic acids is 1. The molecule has 0 fully saturated rings. The monoisotopic (exact) mass is 384 g/mol. The Kier molecular flexibility index (Phi) is 5.81. The zero-order valence-corrected chi connectivity index (χ0v) is 15.7. The van der Waals surface area contributed by atoms with E-state index in [2.05, 4.69) is 5.32 Å². The zero-order chi connectivity index (χ0) is 19.4. The van der Waals surface area contributed by atoms with E-state index >= 15 is 0 Å². The third kappa shape index (κ3) is 4.68. The van der Waals surface area contributed by atoms with Gasteiger partial charge in [0.15, 0.2) is 0 Å². The van der Waals surface area contributed by atoms with Gasteiger partial charge >= 0.3 is 5.97 Å². The summed E-state index contributed by atoms with van der Waals surface area (Å²) in [6, 6.07) is 14.7. The fraction of sp³-hybridized carbons (Fsp3) is 0.250. The van der Waals surface area contributed by atoms with Crippen LogP contribution in [0.4, 0.5) is 5.69 Å². The van der Waals surface area contributed by atoms with Crippen molar-refractivity contribution in [2.45, 2.75) is 23.5 Å². The molecule has 3 rings (SSSR count). The second-order valence-electron chi connectivity index (χ2n) is 6.32. The normalized spacial score (nSPS) is 15.6. The first-order valence-electron chi connectivity index (χ1n) is 8.60. The molecule has 2 amide bonds. The number of amides is 2. The summed E-state index contributed by atoms with van der Waals surface area (Å²) in [7, 11) is 0. The fourth-order valence-corrected chi connectivity index (χ4v) is 3.78. The third-order valence-corrected chi connectivity index (χ3v) is 5.46. The smallest absolute Gasteiger partial charge is 0.323 e. The van der Waals surface area contributed by atoms with Crippen LogP contribution in [0.25, 0.3) is 0 Å². The maximum absolute atomic E-state index is 12.9. The maximum atomic E-state index is 12.9. The van der Waals surface area contributed by atoms with Crippen LogP contribution in [0.2, 0.25) is 0 Å². The van der Waals surface area contributed by atoms with E-state index in [1.54, 1.807) is 18.2 Å². The number of fused-ring (bicyclic) bond motifs is 1. The van der Waals surface area contributed by atoms with Crippen LogP contribution in [0.15, 0.2) is 53.4 Å². The Morgan fingerprint density at radius 1 is 1.19 bits per heavy atom. The maximum Gasteiger partial charge on any atom is 0.323 e. The number of thioether (sulfide) groups is 1. The number of nitrogens with zero attached hydrogens (tertiary/aromatic N) is 1. The van der Waals surface area contributed by atoms with Crippen molar-refractivity contribution in [3.8, 4) is 0 Å². The molecule has 0 radical (unpaired) electrons. The van der Waals surface area contributed by atoms with Crippen LogP contribution in [0, 0.1) is 0 Å². The SMILES string of the molecule is CC1Sc2ccc(C(=O)N(CCc3ccccc3)CC(=O)O)cc2NC1=O. The fourth-order valence-electron chi connectivity index (χ4n) is 2.85. The lowest BCUT2D eigenvalue weighted by Crippen LogP contribution is -2.37. The molecule has 1 aliphatic heterocycles. The molecule has 2 aromatic rings. The highest BCUT2D eigenvalue weighted by molar-refractivity contribution is 8.00. The molecule has 2 aromatic carbocycles. The van der Waals surface area contributed by atoms with Crippen molar-refractivity contribution in [2.24, 2.45) is 0 Å². The average molecular weight is 384 g/mol. The highest BCUT2D eigenvalue weighted by atomic mass is 32.2. The number of carboxylic acid groups (broad SMARTS) is 1. The summed E-state index contributed by atoms with van der Waals surface area (Å²) in [5, 5.41) is 11.8. The molecule has 0 bridgehead atoms. The molecule has 1 unspecified atom stereocenters. The molecule has 6 nitrogen and oxygen atoms in total. The highest BCUT2D eigenvalue weighted by Crippen LogP contribution is 2.36. The van der Waals surface area contributed by atoms with Crippen molar-refractivity contribution in [1.29, 1.82) is 0 Å². The lowest BCUT2D eigenvalue weighted by atomic mass is 10.1. The van der Waals surface area contributed by atoms with E-state index in [0.29, 0.717) is 24.2 Å². The predicted octanol–water partition coefficient (Wildman–Crippen LogP) is 2.89. The van der Waals surface area contributed by atoms with Crippen LogP contribution in [-0.4, -0.2) is 46.1 Å². The Morgan fingerprint density at radius 2 is 1.93 bits per heavy atom. The Morgan fingerprint density at radius 3 is 2.63 bits per heavy atom. The number of nitrogens with one attached hydrogen (secondary N) is 1. The number of rotatable bonds is 6. The summed E-state index contributed by atoms with van der Waals surface area (Å²) < 4.78 is 0. The van der Waals surface area contributed by atoms with Crippen LogP contribution in [0.3, 0.4) is 0 Å². The minimum Gasteiger partial charge on any atom is -0.480 e. The Labute approximate surface area is 161 Å². The number of anilines is 1. The van der Waals surface area contributed by atoms with Crippen LogP contribution < -0.4 is 5.32 Å². The van der Waals surface area contributed by atoms with Gasteiger partial charge in [-0.2, -0.15) is 0 Å². The van der Waals surface area contributed by atoms with E-state index in [0.717, 1.165) is 10.5 Å². The lowest BCUT2D eigenvalue weighted by Gasteiger charge is -2.24. The van der Waals surface area contributed by atoms with Crippen molar-refractivity contribution >= 4 is 35.2 Å². The molecule has 0 saturated heterocycles. The molecule has 1 aliphatic rings. The minimum atomic E-state index is -1.06. The standard InChI is InChI=1S/C20H20N2O4S/c1-13-19(25)21-16-11-15(7-8-17(16)27-13)20(26)22(12-18(23)24)10-9-14-5-3-2-4-6-14/h2-8,11,13H,9-10,12H2,1H3,(H,21,25)(H,23,24). The molecule has 7 heteroatoms. The summed E-state index contributed by atoms with van der Waals surface area (Å²) in [5.74, 6) is -1.54. The quantitative estimate of drug-likeness (QED) is 0.800. The van der Waals surface area contributed by atoms with E-state index in [9.17, 15) is 19.5 Å². The third-order valence-electron chi connectivity index (χ3n) is 4.28. The molecule has 1 atom stereocenters. The number of benzene rings is 2. The largest absolute Gasteiger partial charge is 0.480 e. The average Bonchev–Trinajstić information content (AvgIpc) is 2.65. The van der Waals surface area contributed by atoms with Gasteiger partial charge < -0.3 is 15.3 Å². The Hall–Kier alpha value is -2.80. The van der Waals surface area contributed by atoms with Crippen LogP contribution >= 0.6 is 11.8 Å². The highest BCUT2D eigenvalue weighted by Gasteiger charge is 2.25. The second-order valence-corrected chi connectivity index (χ2v) is 7.70. The summed E-state index contributed by atoms with van der Waals surface area (Å²) in [6.45, 7) is 1.74. The number of carbonyl (C=O) groups is 3. The molecule has 0 spiro atoms. The van der Waals surface area contributed by atoms with Crippen LogP contribution in [0.5, 0.6) is 0 Å². The van der Waals surface area contributed by atoms with Crippen molar-refractivity contribution < 1.29 is 19.5 Å². The summed E-state index contributed by atoms with van der Waals surface area (Å²) in [5.41, 5.74) is 1.98. The Balaban J connectivity index is 1.78. The van der Waals surface area contributed by atoms with Crippen LogP contribution in [-0.2, 0) is 16.0 Å². The molecule has 140 valence electrons. The van der Waals surface area contributed by atoms with Gasteiger partial charge in [0, 0.05) is 17.0 Å². The molecule has 0 saturated carbocycles. The molecule has 2 N–H and O–H groups in total. The predicted molar refractivity (Wildman–Crippen MR) is 104 cm³/mol. The molecule has 0 aliphatic carbocycles. The van der Waals surface area contributed by atoms with Gasteiger partial charge in [0.05, 0.1) is 10.9 Å². The number of hydrogen-bond acceptors (Lipinski definition) is 4. The van der Waals surface area contributed by atoms with E-state index in [1.807, 2.05) is 37.3 Å². The van der Waals surface area contributed by atoms with Crippen LogP contribution in [0.1, 0.15) is 22.8 Å². The van der Waals surface area contributed by atoms with Gasteiger partial charge in [0.1, 0.15) is 6.54 Å². The number of hydrogen-bond donors (Lipinski definition) is 2. The van der Waals surface area contributed by atoms with Gasteiger partial charge in [-0.25, -0.2) is 0 Å². The first-order valence-corrected chi connectivity index (χ1v) is 9.48. The van der Waals surface area contributed by atoms with Gasteiger partial charge in [-0.3, -0.25) is 14.4 Å². The minimum absolute atomic E-state index is 0.108. The molecule has 1 heterocycles. The van der Waals surface area contributed by atoms with E-state index in [4.69, 9.17) is 0 Å². The number of carboxylic acids is 1. The molecule has 0 aromatic heterocycles. The van der Waals surface area contributed by atoms with Gasteiger partial charge in [-0.05, 0) is 37.1 Å². The van der Waals surface area contributed by atoms with Crippen molar-refractivity contribution in [1.82, 2.24) is 4.90 Å². The number of carbonyl (C=O) groups excluding carboxylic acids is 2. The summed E-state index contributed by atoms with van der Waals surface area (Å²) in [6.07, 6.45) is 0.564. The zero-order valence-electron chi connectivity index (χ0n) is 14.8. The van der Waals surface area contributed by atoms with Gasteiger partial charge in [0.25, 0.3) is 5.91 Å². The van der Waals surface area contributed by atoms with Gasteiger partial charge in [0.2, 0.25) is 5.91 Å². The topological polar surface area (TPSA) is 86.7 Å². The Bertz CT molecular complexity index is 870. The lowest BCUT2D eigenvalue weighted by molar-refractivity contribution is -0.137. The van der Waals surface area contributed by atoms with Crippen molar-refractivity contribution in [2.75, 3.05) is 18.4 Å². The van der Waals surface area contributed by atoms with E-state index < -0.39 is 5.97 Å². The second kappa shape index (κ2) is 8.26.